The number of unbranched alkanes of at least 4 members (excludes halogenated alkanes) is 2. The van der Waals surface area contributed by atoms with Gasteiger partial charge in [0.25, 0.3) is 0 Å². The molecule has 0 aliphatic carbocycles. The fourth-order valence-electron chi connectivity index (χ4n) is 4.76. The van der Waals surface area contributed by atoms with E-state index >= 15 is 0 Å². The molecule has 0 spiro atoms. The Kier molecular flexibility index (Phi) is 7.60. The minimum absolute atomic E-state index is 0.0549. The third-order valence-corrected chi connectivity index (χ3v) is 6.74. The third kappa shape index (κ3) is 5.12. The minimum Gasteiger partial charge on any atom is -0.507 e. The monoisotopic (exact) mass is 470 g/mol. The number of phenolic OH excluding ortho intramolecular Hbond substituents is 1. The molecular weight excluding hydrogens is 436 g/mol. The molecule has 1 heterocycles. The van der Waals surface area contributed by atoms with E-state index in [0.717, 1.165) is 66.3 Å². The van der Waals surface area contributed by atoms with Crippen LogP contribution in [0.15, 0.2) is 69.9 Å². The van der Waals surface area contributed by atoms with Crippen molar-refractivity contribution < 1.29 is 14.6 Å². The van der Waals surface area contributed by atoms with Gasteiger partial charge in [0.15, 0.2) is 0 Å². The molecule has 1 unspecified atom stereocenters. The maximum absolute atomic E-state index is 13.3. The fraction of sp³-hybridized carbons (Fsp3) is 0.323. The predicted molar refractivity (Wildman–Crippen MR) is 142 cm³/mol. The lowest BCUT2D eigenvalue weighted by Gasteiger charge is -2.22. The van der Waals surface area contributed by atoms with E-state index in [1.54, 1.807) is 18.2 Å². The molecule has 0 saturated carbocycles. The molecule has 0 fully saturated rings. The Hall–Kier alpha value is -3.53. The van der Waals surface area contributed by atoms with E-state index in [2.05, 4.69) is 13.8 Å². The second kappa shape index (κ2) is 10.8. The van der Waals surface area contributed by atoms with Gasteiger partial charge < -0.3 is 14.6 Å². The standard InChI is InChI=1S/C31H34O4/c1-4-6-10-22-18-24(19-23(29(22)32)11-7-5-2)27(21-16-14-20(3)15-17-21)28-30(33)25-12-8-9-13-26(25)35-31(28)34/h8-9,12-19,27,32-33H,4-7,10-11H2,1-3H3. The number of phenols is 1. The zero-order valence-electron chi connectivity index (χ0n) is 20.8. The van der Waals surface area contributed by atoms with E-state index in [4.69, 9.17) is 4.42 Å². The second-order valence-corrected chi connectivity index (χ2v) is 9.39. The predicted octanol–water partition coefficient (Wildman–Crippen LogP) is 7.38. The van der Waals surface area contributed by atoms with Gasteiger partial charge in [0, 0.05) is 5.92 Å². The Morgan fingerprint density at radius 3 is 2.00 bits per heavy atom. The maximum Gasteiger partial charge on any atom is 0.344 e. The molecule has 4 nitrogen and oxygen atoms in total. The number of fused-ring (bicyclic) bond motifs is 1. The largest absolute Gasteiger partial charge is 0.507 e. The van der Waals surface area contributed by atoms with E-state index in [1.807, 2.05) is 49.4 Å². The van der Waals surface area contributed by atoms with Crippen LogP contribution in [-0.4, -0.2) is 10.2 Å². The lowest BCUT2D eigenvalue weighted by molar-refractivity contribution is 0.454. The van der Waals surface area contributed by atoms with Crippen molar-refractivity contribution in [1.29, 1.82) is 0 Å². The highest BCUT2D eigenvalue weighted by Gasteiger charge is 2.28. The minimum atomic E-state index is -0.551. The van der Waals surface area contributed by atoms with Gasteiger partial charge in [-0.25, -0.2) is 4.79 Å². The molecule has 1 atom stereocenters. The summed E-state index contributed by atoms with van der Waals surface area (Å²) in [6, 6.07) is 19.1. The summed E-state index contributed by atoms with van der Waals surface area (Å²) in [6.45, 7) is 6.28. The van der Waals surface area contributed by atoms with Crippen molar-refractivity contribution in [1.82, 2.24) is 0 Å². The average Bonchev–Trinajstić information content (AvgIpc) is 2.86. The van der Waals surface area contributed by atoms with Gasteiger partial charge in [0.05, 0.1) is 10.9 Å². The van der Waals surface area contributed by atoms with E-state index in [0.29, 0.717) is 16.7 Å². The maximum atomic E-state index is 13.3. The molecule has 0 aliphatic heterocycles. The molecule has 0 amide bonds. The van der Waals surface area contributed by atoms with Gasteiger partial charge in [0.1, 0.15) is 17.1 Å². The topological polar surface area (TPSA) is 70.7 Å². The third-order valence-electron chi connectivity index (χ3n) is 6.74. The molecule has 4 heteroatoms. The summed E-state index contributed by atoms with van der Waals surface area (Å²) < 4.78 is 5.67. The molecule has 35 heavy (non-hydrogen) atoms. The van der Waals surface area contributed by atoms with Gasteiger partial charge in [0.2, 0.25) is 0 Å². The van der Waals surface area contributed by atoms with Crippen LogP contribution >= 0.6 is 0 Å². The van der Waals surface area contributed by atoms with Crippen LogP contribution in [0.5, 0.6) is 11.5 Å². The van der Waals surface area contributed by atoms with Crippen LogP contribution < -0.4 is 5.63 Å². The molecule has 0 bridgehead atoms. The summed E-state index contributed by atoms with van der Waals surface area (Å²) >= 11 is 0. The molecule has 182 valence electrons. The number of aromatic hydroxyl groups is 2. The summed E-state index contributed by atoms with van der Waals surface area (Å²) in [6.07, 6.45) is 5.48. The van der Waals surface area contributed by atoms with Crippen LogP contribution in [0.2, 0.25) is 0 Å². The molecule has 4 aromatic rings. The van der Waals surface area contributed by atoms with Gasteiger partial charge in [-0.1, -0.05) is 80.8 Å². The average molecular weight is 471 g/mol. The first-order valence-electron chi connectivity index (χ1n) is 12.6. The highest BCUT2D eigenvalue weighted by atomic mass is 16.4. The van der Waals surface area contributed by atoms with Crippen molar-refractivity contribution in [2.75, 3.05) is 0 Å². The first-order valence-corrected chi connectivity index (χ1v) is 12.6. The highest BCUT2D eigenvalue weighted by molar-refractivity contribution is 5.84. The van der Waals surface area contributed by atoms with Gasteiger partial charge in [-0.15, -0.1) is 0 Å². The van der Waals surface area contributed by atoms with E-state index in [9.17, 15) is 15.0 Å². The number of rotatable bonds is 9. The van der Waals surface area contributed by atoms with E-state index in [-0.39, 0.29) is 11.3 Å². The SMILES string of the molecule is CCCCc1cc(C(c2ccc(C)cc2)c2c(O)c3ccccc3oc2=O)cc(CCCC)c1O. The highest BCUT2D eigenvalue weighted by Crippen LogP contribution is 2.41. The smallest absolute Gasteiger partial charge is 0.344 e. The van der Waals surface area contributed by atoms with E-state index in [1.165, 1.54) is 0 Å². The van der Waals surface area contributed by atoms with Gasteiger partial charge in [-0.05, 0) is 67.0 Å². The van der Waals surface area contributed by atoms with Crippen LogP contribution in [0.1, 0.15) is 78.8 Å². The van der Waals surface area contributed by atoms with Crippen LogP contribution in [0.4, 0.5) is 0 Å². The first-order chi connectivity index (χ1) is 16.9. The molecule has 0 aliphatic rings. The molecule has 0 saturated heterocycles. The Balaban J connectivity index is 2.00. The van der Waals surface area contributed by atoms with Crippen molar-refractivity contribution in [2.45, 2.75) is 65.2 Å². The second-order valence-electron chi connectivity index (χ2n) is 9.39. The first kappa shape index (κ1) is 24.6. The van der Waals surface area contributed by atoms with Crippen LogP contribution in [0.3, 0.4) is 0 Å². The molecule has 4 rings (SSSR count). The molecular formula is C31H34O4. The van der Waals surface area contributed by atoms with Crippen molar-refractivity contribution in [3.8, 4) is 11.5 Å². The Morgan fingerprint density at radius 1 is 0.800 bits per heavy atom. The van der Waals surface area contributed by atoms with E-state index < -0.39 is 11.5 Å². The Bertz CT molecular complexity index is 1340. The Labute approximate surface area is 206 Å². The number of benzene rings is 3. The summed E-state index contributed by atoms with van der Waals surface area (Å²) in [5, 5.41) is 22.9. The van der Waals surface area contributed by atoms with Crippen molar-refractivity contribution in [3.63, 3.8) is 0 Å². The summed E-state index contributed by atoms with van der Waals surface area (Å²) in [5.74, 6) is -0.230. The van der Waals surface area contributed by atoms with Crippen molar-refractivity contribution in [2.24, 2.45) is 0 Å². The van der Waals surface area contributed by atoms with Gasteiger partial charge in [-0.2, -0.15) is 0 Å². The number of para-hydroxylation sites is 1. The lowest BCUT2D eigenvalue weighted by atomic mass is 9.82. The summed E-state index contributed by atoms with van der Waals surface area (Å²) in [4.78, 5) is 13.3. The Morgan fingerprint density at radius 2 is 1.40 bits per heavy atom. The zero-order chi connectivity index (χ0) is 24.9. The fourth-order valence-corrected chi connectivity index (χ4v) is 4.76. The molecule has 2 N–H and O–H groups in total. The quantitative estimate of drug-likeness (QED) is 0.250. The molecule has 3 aromatic carbocycles. The summed E-state index contributed by atoms with van der Waals surface area (Å²) in [7, 11) is 0. The number of aryl methyl sites for hydroxylation is 3. The van der Waals surface area contributed by atoms with Gasteiger partial charge in [-0.3, -0.25) is 0 Å². The number of hydrogen-bond acceptors (Lipinski definition) is 4. The summed E-state index contributed by atoms with van der Waals surface area (Å²) in [5.41, 5.74) is 4.68. The normalized spacial score (nSPS) is 12.2. The number of hydrogen-bond donors (Lipinski definition) is 2. The molecule has 0 radical (unpaired) electrons. The van der Waals surface area contributed by atoms with Crippen LogP contribution in [-0.2, 0) is 12.8 Å². The molecule has 1 aromatic heterocycles. The van der Waals surface area contributed by atoms with Crippen LogP contribution in [0.25, 0.3) is 11.0 Å². The lowest BCUT2D eigenvalue weighted by Crippen LogP contribution is -2.16. The van der Waals surface area contributed by atoms with Crippen molar-refractivity contribution >= 4 is 11.0 Å². The van der Waals surface area contributed by atoms with Crippen molar-refractivity contribution in [3.05, 3.63) is 104 Å². The van der Waals surface area contributed by atoms with Crippen LogP contribution in [0, 0.1) is 6.92 Å². The zero-order valence-corrected chi connectivity index (χ0v) is 20.8. The van der Waals surface area contributed by atoms with Gasteiger partial charge >= 0.3 is 5.63 Å².